The first-order chi connectivity index (χ1) is 19.2. The molecule has 0 spiro atoms. The molecule has 0 amide bonds. The van der Waals surface area contributed by atoms with Crippen molar-refractivity contribution in [2.45, 2.75) is 6.54 Å². The molecule has 1 aliphatic rings. The van der Waals surface area contributed by atoms with Crippen LogP contribution in [0, 0.1) is 38.6 Å². The summed E-state index contributed by atoms with van der Waals surface area (Å²) >= 11 is 0. The Morgan fingerprint density at radius 1 is 0.683 bits per heavy atom. The number of hydrogen-bond acceptors (Lipinski definition) is 13. The predicted molar refractivity (Wildman–Crippen MR) is 137 cm³/mol. The predicted octanol–water partition coefficient (Wildman–Crippen LogP) is -3.69. The Hall–Kier alpha value is -2.62. The first-order valence-electron chi connectivity index (χ1n) is 13.0. The van der Waals surface area contributed by atoms with Gasteiger partial charge < -0.3 is 34.1 Å². The number of para-hydroxylation sites is 1. The van der Waals surface area contributed by atoms with E-state index in [1.807, 2.05) is 4.90 Å². The normalized spacial score (nSPS) is 17.0. The van der Waals surface area contributed by atoms with Gasteiger partial charge in [0.25, 0.3) is 0 Å². The third-order valence-corrected chi connectivity index (χ3v) is 6.87. The number of aromatic nitrogens is 1. The van der Waals surface area contributed by atoms with E-state index in [1.165, 1.54) is 0 Å². The standard InChI is InChI=1S/C27H33N5O8.Tb/c33-23(34)16-30-9-7-29(8-10-31(17-24(35)36)12-14-32(13-11-30)18-25(37)38)15-19-5-6-21-26(39)20-3-1-2-4-22(20)40-27(21)28-19;/h1-6H,7-18H2,(H,33,34)(H,35,36)(H,37,38);/q;+3/p-3. The van der Waals surface area contributed by atoms with Crippen LogP contribution in [0.1, 0.15) is 5.69 Å². The number of hydrogen-bond donors (Lipinski definition) is 0. The van der Waals surface area contributed by atoms with Crippen LogP contribution in [0.2, 0.25) is 0 Å². The smallest absolute Gasteiger partial charge is 0.549 e. The SMILES string of the molecule is O=C([O-])CN1CCN(CC(=O)[O-])CCN(Cc2ccc3c(=O)c4ccccc4oc3n2)CCN(CC(=O)[O-])CC1.[Tb+3]. The Balaban J connectivity index is 0.00000462. The maximum absolute atomic E-state index is 12.9. The van der Waals surface area contributed by atoms with Crippen molar-refractivity contribution in [1.82, 2.24) is 24.6 Å². The molecule has 1 saturated heterocycles. The van der Waals surface area contributed by atoms with Gasteiger partial charge in [0.15, 0.2) is 0 Å². The van der Waals surface area contributed by atoms with Gasteiger partial charge in [-0.15, -0.1) is 0 Å². The van der Waals surface area contributed by atoms with E-state index < -0.39 is 17.9 Å². The van der Waals surface area contributed by atoms with Crippen molar-refractivity contribution in [1.29, 1.82) is 0 Å². The zero-order chi connectivity index (χ0) is 28.6. The molecular weight excluding hydrogens is 681 g/mol. The van der Waals surface area contributed by atoms with E-state index in [9.17, 15) is 34.5 Å². The third kappa shape index (κ3) is 9.72. The first kappa shape index (κ1) is 32.9. The number of aliphatic carboxylic acids is 3. The van der Waals surface area contributed by atoms with Crippen LogP contribution in [-0.4, -0.2) is 114 Å². The second-order valence-corrected chi connectivity index (χ2v) is 9.80. The molecule has 0 aliphatic carbocycles. The Kier molecular flexibility index (Phi) is 12.5. The fourth-order valence-corrected chi connectivity index (χ4v) is 4.80. The molecule has 1 aliphatic heterocycles. The molecule has 0 saturated carbocycles. The van der Waals surface area contributed by atoms with Crippen LogP contribution < -0.4 is 20.7 Å². The van der Waals surface area contributed by atoms with E-state index in [0.29, 0.717) is 54.8 Å². The zero-order valence-corrected chi connectivity index (χ0v) is 24.4. The van der Waals surface area contributed by atoms with Crippen LogP contribution >= 0.6 is 0 Å². The van der Waals surface area contributed by atoms with Gasteiger partial charge in [-0.2, -0.15) is 0 Å². The van der Waals surface area contributed by atoms with Gasteiger partial charge >= 0.3 is 38.6 Å². The molecular formula is C27H30N5O8Tb. The summed E-state index contributed by atoms with van der Waals surface area (Å²) in [7, 11) is 0. The number of carboxylic acid groups (broad SMARTS) is 3. The summed E-state index contributed by atoms with van der Waals surface area (Å²) in [4.78, 5) is 58.3. The second-order valence-electron chi connectivity index (χ2n) is 9.80. The van der Waals surface area contributed by atoms with E-state index in [-0.39, 0.29) is 95.6 Å². The Bertz CT molecular complexity index is 1400. The third-order valence-electron chi connectivity index (χ3n) is 6.87. The fraction of sp³-hybridized carbons (Fsp3) is 0.444. The van der Waals surface area contributed by atoms with Gasteiger partial charge in [0.2, 0.25) is 11.1 Å². The minimum atomic E-state index is -1.28. The molecule has 0 bridgehead atoms. The topological polar surface area (TPSA) is 176 Å². The largest absolute Gasteiger partial charge is 3.00 e. The monoisotopic (exact) mass is 711 g/mol. The average Bonchev–Trinajstić information content (AvgIpc) is 2.89. The maximum atomic E-state index is 12.9. The number of benzene rings is 1. The summed E-state index contributed by atoms with van der Waals surface area (Å²) < 4.78 is 5.89. The van der Waals surface area contributed by atoms with E-state index in [2.05, 4.69) is 4.98 Å². The molecule has 1 aromatic carbocycles. The summed E-state index contributed by atoms with van der Waals surface area (Å²) in [5.74, 6) is -3.77. The number of nitrogens with zero attached hydrogens (tertiary/aromatic N) is 5. The molecule has 4 rings (SSSR count). The second kappa shape index (κ2) is 15.6. The van der Waals surface area contributed by atoms with Gasteiger partial charge in [0, 0.05) is 78.5 Å². The van der Waals surface area contributed by atoms with Crippen molar-refractivity contribution in [2.24, 2.45) is 0 Å². The summed E-state index contributed by atoms with van der Waals surface area (Å²) in [6.07, 6.45) is 0. The molecule has 13 nitrogen and oxygen atoms in total. The molecule has 1 fully saturated rings. The molecule has 3 heterocycles. The summed E-state index contributed by atoms with van der Waals surface area (Å²) in [5, 5.41) is 34.8. The molecule has 3 aromatic rings. The van der Waals surface area contributed by atoms with E-state index in [1.54, 1.807) is 51.1 Å². The molecule has 41 heavy (non-hydrogen) atoms. The van der Waals surface area contributed by atoms with Crippen molar-refractivity contribution in [3.63, 3.8) is 0 Å². The van der Waals surface area contributed by atoms with Gasteiger partial charge in [-0.25, -0.2) is 4.98 Å². The summed E-state index contributed by atoms with van der Waals surface area (Å²) in [6, 6.07) is 10.3. The van der Waals surface area contributed by atoms with Crippen molar-refractivity contribution in [3.05, 3.63) is 52.3 Å². The molecule has 0 radical (unpaired) electrons. The van der Waals surface area contributed by atoms with Crippen molar-refractivity contribution >= 4 is 40.0 Å². The first-order valence-corrected chi connectivity index (χ1v) is 13.0. The number of rotatable bonds is 8. The zero-order valence-electron chi connectivity index (χ0n) is 22.3. The van der Waals surface area contributed by atoms with Gasteiger partial charge in [-0.1, -0.05) is 12.1 Å². The minimum absolute atomic E-state index is 0. The number of pyridine rings is 1. The van der Waals surface area contributed by atoms with Crippen LogP contribution in [0.5, 0.6) is 0 Å². The van der Waals surface area contributed by atoms with Crippen LogP contribution in [-0.2, 0) is 20.9 Å². The number of carbonyl (C=O) groups is 3. The van der Waals surface area contributed by atoms with Crippen LogP contribution in [0.3, 0.4) is 0 Å². The van der Waals surface area contributed by atoms with Crippen molar-refractivity contribution < 1.29 is 72.7 Å². The molecule has 14 heteroatoms. The fourth-order valence-electron chi connectivity index (χ4n) is 4.80. The number of carbonyl (C=O) groups excluding carboxylic acids is 3. The average molecular weight is 711 g/mol. The van der Waals surface area contributed by atoms with Crippen molar-refractivity contribution in [2.75, 3.05) is 72.0 Å². The quantitative estimate of drug-likeness (QED) is 0.209. The number of carboxylic acids is 3. The van der Waals surface area contributed by atoms with E-state index >= 15 is 0 Å². The molecule has 2 aromatic heterocycles. The van der Waals surface area contributed by atoms with Gasteiger partial charge in [-0.05, 0) is 24.3 Å². The maximum Gasteiger partial charge on any atom is 3.00 e. The van der Waals surface area contributed by atoms with Crippen LogP contribution in [0.25, 0.3) is 22.1 Å². The van der Waals surface area contributed by atoms with Crippen molar-refractivity contribution in [3.8, 4) is 0 Å². The molecule has 0 unspecified atom stereocenters. The van der Waals surface area contributed by atoms with Gasteiger partial charge in [-0.3, -0.25) is 24.4 Å². The summed E-state index contributed by atoms with van der Waals surface area (Å²) in [5.41, 5.74) is 1.09. The molecule has 0 N–H and O–H groups in total. The summed E-state index contributed by atoms with van der Waals surface area (Å²) in [6.45, 7) is 1.85. The Labute approximate surface area is 266 Å². The molecule has 220 valence electrons. The minimum Gasteiger partial charge on any atom is -0.549 e. The van der Waals surface area contributed by atoms with Crippen LogP contribution in [0.4, 0.5) is 0 Å². The van der Waals surface area contributed by atoms with E-state index in [0.717, 1.165) is 0 Å². The van der Waals surface area contributed by atoms with Crippen LogP contribution in [0.15, 0.2) is 45.6 Å². The Morgan fingerprint density at radius 2 is 1.15 bits per heavy atom. The number of fused-ring (bicyclic) bond motifs is 2. The Morgan fingerprint density at radius 3 is 1.63 bits per heavy atom. The molecule has 0 atom stereocenters. The van der Waals surface area contributed by atoms with Gasteiger partial charge in [0.05, 0.1) is 34.4 Å². The van der Waals surface area contributed by atoms with Gasteiger partial charge in [0.1, 0.15) is 5.58 Å². The van der Waals surface area contributed by atoms with E-state index in [4.69, 9.17) is 4.42 Å².